The van der Waals surface area contributed by atoms with Gasteiger partial charge in [-0.25, -0.2) is 4.90 Å². The summed E-state index contributed by atoms with van der Waals surface area (Å²) in [6, 6.07) is 12.4. The van der Waals surface area contributed by atoms with Crippen molar-refractivity contribution in [2.75, 3.05) is 4.90 Å². The van der Waals surface area contributed by atoms with E-state index in [9.17, 15) is 14.4 Å². The zero-order chi connectivity index (χ0) is 18.2. The van der Waals surface area contributed by atoms with Crippen LogP contribution in [0.1, 0.15) is 29.4 Å². The van der Waals surface area contributed by atoms with Crippen molar-refractivity contribution in [1.82, 2.24) is 0 Å². The number of hydrogen-bond donors (Lipinski definition) is 0. The second-order valence-electron chi connectivity index (χ2n) is 7.05. The third-order valence-corrected chi connectivity index (χ3v) is 6.59. The molecule has 26 heavy (non-hydrogen) atoms. The summed E-state index contributed by atoms with van der Waals surface area (Å²) in [4.78, 5) is 40.2. The van der Waals surface area contributed by atoms with Crippen molar-refractivity contribution >= 4 is 46.5 Å². The van der Waals surface area contributed by atoms with E-state index in [1.807, 2.05) is 24.3 Å². The maximum atomic E-state index is 13.2. The lowest BCUT2D eigenvalue weighted by Crippen LogP contribution is -2.44. The molecule has 0 unspecified atom stereocenters. The lowest BCUT2D eigenvalue weighted by atomic mass is 9.56. The van der Waals surface area contributed by atoms with Crippen molar-refractivity contribution in [3.8, 4) is 0 Å². The van der Waals surface area contributed by atoms with Crippen LogP contribution in [0.25, 0.3) is 0 Å². The summed E-state index contributed by atoms with van der Waals surface area (Å²) in [6.07, 6.45) is 0.317. The van der Waals surface area contributed by atoms with E-state index in [4.69, 9.17) is 23.2 Å². The lowest BCUT2D eigenvalue weighted by molar-refractivity contribution is -0.134. The van der Waals surface area contributed by atoms with Gasteiger partial charge in [0.1, 0.15) is 5.78 Å². The fraction of sp³-hybridized carbons (Fsp3) is 0.250. The number of nitrogens with zero attached hydrogens (tertiary/aromatic N) is 1. The molecule has 0 spiro atoms. The summed E-state index contributed by atoms with van der Waals surface area (Å²) in [5.41, 5.74) is 2.32. The number of halogens is 2. The Balaban J connectivity index is 1.65. The minimum Gasteiger partial charge on any atom is -0.299 e. The molecule has 2 fully saturated rings. The Hall–Kier alpha value is -2.17. The van der Waals surface area contributed by atoms with Crippen LogP contribution in [0.3, 0.4) is 0 Å². The van der Waals surface area contributed by atoms with Gasteiger partial charge in [0, 0.05) is 12.3 Å². The van der Waals surface area contributed by atoms with Crippen LogP contribution in [0.4, 0.5) is 5.69 Å². The number of benzene rings is 2. The number of imide groups is 1. The third kappa shape index (κ3) is 1.94. The standard InChI is InChI=1S/C20H13Cl2NO3/c21-13-6-5-9(7-14(13)22)23-19(25)17-12-8-15(24)16(18(17)20(23)26)11-4-2-1-3-10(11)12/h1-7,12,16-18H,8H2/t12-,16+,17-,18-/m1/s1. The number of anilines is 1. The Kier molecular flexibility index (Phi) is 3.34. The molecular formula is C20H13Cl2NO3. The first-order valence-corrected chi connectivity index (χ1v) is 9.19. The largest absolute Gasteiger partial charge is 0.299 e. The molecule has 4 nitrogen and oxygen atoms in total. The maximum absolute atomic E-state index is 13.2. The van der Waals surface area contributed by atoms with Gasteiger partial charge in [-0.3, -0.25) is 14.4 Å². The predicted molar refractivity (Wildman–Crippen MR) is 97.5 cm³/mol. The van der Waals surface area contributed by atoms with Gasteiger partial charge in [0.15, 0.2) is 0 Å². The van der Waals surface area contributed by atoms with Crippen molar-refractivity contribution in [1.29, 1.82) is 0 Å². The Labute approximate surface area is 159 Å². The monoisotopic (exact) mass is 385 g/mol. The van der Waals surface area contributed by atoms with E-state index in [0.29, 0.717) is 17.1 Å². The van der Waals surface area contributed by atoms with Gasteiger partial charge in [-0.15, -0.1) is 0 Å². The van der Waals surface area contributed by atoms with Gasteiger partial charge in [-0.1, -0.05) is 47.5 Å². The molecule has 3 aliphatic carbocycles. The molecule has 2 amide bonds. The highest BCUT2D eigenvalue weighted by atomic mass is 35.5. The van der Waals surface area contributed by atoms with Crippen LogP contribution in [0, 0.1) is 11.8 Å². The quantitative estimate of drug-likeness (QED) is 0.698. The van der Waals surface area contributed by atoms with Crippen molar-refractivity contribution < 1.29 is 14.4 Å². The number of carbonyl (C=O) groups excluding carboxylic acids is 3. The van der Waals surface area contributed by atoms with E-state index < -0.39 is 17.8 Å². The summed E-state index contributed by atoms with van der Waals surface area (Å²) in [6.45, 7) is 0. The van der Waals surface area contributed by atoms with Gasteiger partial charge in [-0.05, 0) is 29.3 Å². The second-order valence-corrected chi connectivity index (χ2v) is 7.86. The lowest BCUT2D eigenvalue weighted by Gasteiger charge is -2.43. The minimum atomic E-state index is -0.627. The molecule has 2 aromatic carbocycles. The number of hydrogen-bond acceptors (Lipinski definition) is 3. The average Bonchev–Trinajstić information content (AvgIpc) is 2.90. The van der Waals surface area contributed by atoms with E-state index in [2.05, 4.69) is 0 Å². The predicted octanol–water partition coefficient (Wildman–Crippen LogP) is 3.95. The van der Waals surface area contributed by atoms with Crippen LogP contribution in [0.2, 0.25) is 10.0 Å². The first-order chi connectivity index (χ1) is 12.5. The van der Waals surface area contributed by atoms with E-state index in [1.165, 1.54) is 11.0 Å². The van der Waals surface area contributed by atoms with Gasteiger partial charge < -0.3 is 0 Å². The van der Waals surface area contributed by atoms with E-state index >= 15 is 0 Å². The first-order valence-electron chi connectivity index (χ1n) is 8.43. The molecule has 1 heterocycles. The molecule has 4 atom stereocenters. The van der Waals surface area contributed by atoms with Crippen LogP contribution in [-0.2, 0) is 14.4 Å². The molecule has 4 aliphatic rings. The van der Waals surface area contributed by atoms with E-state index in [0.717, 1.165) is 11.1 Å². The Morgan fingerprint density at radius 1 is 0.846 bits per heavy atom. The molecule has 0 aromatic heterocycles. The molecule has 1 saturated carbocycles. The molecule has 0 radical (unpaired) electrons. The van der Waals surface area contributed by atoms with Gasteiger partial charge in [0.25, 0.3) is 0 Å². The number of carbonyl (C=O) groups is 3. The van der Waals surface area contributed by atoms with Gasteiger partial charge in [0.05, 0.1) is 33.5 Å². The molecule has 1 saturated heterocycles. The topological polar surface area (TPSA) is 54.5 Å². The van der Waals surface area contributed by atoms with Crippen LogP contribution in [-0.4, -0.2) is 17.6 Å². The van der Waals surface area contributed by atoms with Crippen LogP contribution >= 0.6 is 23.2 Å². The molecule has 6 rings (SSSR count). The highest BCUT2D eigenvalue weighted by molar-refractivity contribution is 6.42. The summed E-state index contributed by atoms with van der Waals surface area (Å²) in [7, 11) is 0. The Morgan fingerprint density at radius 3 is 2.27 bits per heavy atom. The van der Waals surface area contributed by atoms with Crippen LogP contribution in [0.5, 0.6) is 0 Å². The molecular weight excluding hydrogens is 373 g/mol. The third-order valence-electron chi connectivity index (χ3n) is 5.85. The number of amides is 2. The van der Waals surface area contributed by atoms with Crippen LogP contribution in [0.15, 0.2) is 42.5 Å². The van der Waals surface area contributed by atoms with E-state index in [1.54, 1.807) is 12.1 Å². The normalized spacial score (nSPS) is 29.2. The SMILES string of the molecule is O=C1C[C@@H]2c3ccccc3[C@@H]1[C@H]1C(=O)N(c3ccc(Cl)c(Cl)c3)C(=O)[C@@H]12. The fourth-order valence-corrected chi connectivity index (χ4v) is 5.13. The number of ketones is 1. The molecule has 2 aromatic rings. The smallest absolute Gasteiger partial charge is 0.238 e. The van der Waals surface area contributed by atoms with Gasteiger partial charge in [0.2, 0.25) is 11.8 Å². The highest BCUT2D eigenvalue weighted by Crippen LogP contribution is 2.57. The Bertz CT molecular complexity index is 1000. The van der Waals surface area contributed by atoms with E-state index in [-0.39, 0.29) is 28.5 Å². The molecule has 0 N–H and O–H groups in total. The molecule has 2 bridgehead atoms. The molecule has 6 heteroatoms. The number of fused-ring (bicyclic) bond motifs is 1. The maximum Gasteiger partial charge on any atom is 0.238 e. The van der Waals surface area contributed by atoms with Gasteiger partial charge >= 0.3 is 0 Å². The highest BCUT2D eigenvalue weighted by Gasteiger charge is 2.62. The first kappa shape index (κ1) is 16.0. The molecule has 1 aliphatic heterocycles. The van der Waals surface area contributed by atoms with Crippen molar-refractivity contribution in [2.24, 2.45) is 11.8 Å². The van der Waals surface area contributed by atoms with Crippen molar-refractivity contribution in [3.63, 3.8) is 0 Å². The molecule has 130 valence electrons. The number of rotatable bonds is 1. The van der Waals surface area contributed by atoms with Crippen LogP contribution < -0.4 is 4.90 Å². The zero-order valence-electron chi connectivity index (χ0n) is 13.5. The Morgan fingerprint density at radius 2 is 1.54 bits per heavy atom. The van der Waals surface area contributed by atoms with Crippen molar-refractivity contribution in [3.05, 3.63) is 63.6 Å². The van der Waals surface area contributed by atoms with Gasteiger partial charge in [-0.2, -0.15) is 0 Å². The zero-order valence-corrected chi connectivity index (χ0v) is 15.0. The number of Topliss-reactive ketones (excluding diaryl/α,β-unsaturated/α-hetero) is 1. The second kappa shape index (κ2) is 5.41. The minimum absolute atomic E-state index is 0.0482. The average molecular weight is 386 g/mol. The fourth-order valence-electron chi connectivity index (χ4n) is 4.84. The summed E-state index contributed by atoms with van der Waals surface area (Å²) < 4.78 is 0. The summed E-state index contributed by atoms with van der Waals surface area (Å²) in [5.74, 6) is -2.42. The summed E-state index contributed by atoms with van der Waals surface area (Å²) >= 11 is 12.0. The van der Waals surface area contributed by atoms with Crippen molar-refractivity contribution in [2.45, 2.75) is 18.3 Å². The summed E-state index contributed by atoms with van der Waals surface area (Å²) in [5, 5.41) is 0.636.